The molecule has 2 aliphatic rings. The molecule has 1 aliphatic heterocycles. The maximum absolute atomic E-state index is 3.68. The first-order valence-electron chi connectivity index (χ1n) is 7.77. The second-order valence-electron chi connectivity index (χ2n) is 6.19. The van der Waals surface area contributed by atoms with Gasteiger partial charge in [-0.05, 0) is 57.7 Å². The van der Waals surface area contributed by atoms with Crippen LogP contribution in [-0.4, -0.2) is 36.6 Å². The molecule has 0 amide bonds. The predicted molar refractivity (Wildman–Crippen MR) is 74.3 cm³/mol. The minimum Gasteiger partial charge on any atom is -0.314 e. The molecule has 2 atom stereocenters. The number of hydrogen-bond donors (Lipinski definition) is 1. The predicted octanol–water partition coefficient (Wildman–Crippen LogP) is 3.03. The largest absolute Gasteiger partial charge is 0.314 e. The van der Waals surface area contributed by atoms with Crippen molar-refractivity contribution >= 4 is 0 Å². The molecule has 2 unspecified atom stereocenters. The van der Waals surface area contributed by atoms with Gasteiger partial charge in [0.25, 0.3) is 0 Å². The van der Waals surface area contributed by atoms with Crippen LogP contribution in [0, 0.1) is 5.92 Å². The number of piperidine rings is 1. The first-order chi connectivity index (χ1) is 8.29. The summed E-state index contributed by atoms with van der Waals surface area (Å²) in [4.78, 5) is 2.78. The van der Waals surface area contributed by atoms with Crippen molar-refractivity contribution < 1.29 is 0 Å². The lowest BCUT2D eigenvalue weighted by molar-refractivity contribution is 0.100. The summed E-state index contributed by atoms with van der Waals surface area (Å²) in [5, 5.41) is 3.68. The van der Waals surface area contributed by atoms with Crippen LogP contribution in [0.15, 0.2) is 0 Å². The average Bonchev–Trinajstić information content (AvgIpc) is 2.37. The third kappa shape index (κ3) is 3.96. The van der Waals surface area contributed by atoms with E-state index in [1.807, 2.05) is 0 Å². The van der Waals surface area contributed by atoms with E-state index < -0.39 is 0 Å². The zero-order valence-electron chi connectivity index (χ0n) is 11.8. The van der Waals surface area contributed by atoms with Crippen LogP contribution in [0.2, 0.25) is 0 Å². The van der Waals surface area contributed by atoms with Crippen molar-refractivity contribution in [2.24, 2.45) is 5.92 Å². The summed E-state index contributed by atoms with van der Waals surface area (Å²) in [7, 11) is 0. The van der Waals surface area contributed by atoms with E-state index in [4.69, 9.17) is 0 Å². The van der Waals surface area contributed by atoms with Gasteiger partial charge in [-0.3, -0.25) is 0 Å². The highest BCUT2D eigenvalue weighted by atomic mass is 15.2. The Morgan fingerprint density at radius 3 is 2.53 bits per heavy atom. The van der Waals surface area contributed by atoms with Gasteiger partial charge < -0.3 is 10.2 Å². The SMILES string of the molecule is CCCNC1CCN(C2CCCC(C)C2)CC1. The average molecular weight is 238 g/mol. The smallest absolute Gasteiger partial charge is 0.00978 e. The molecule has 0 aromatic heterocycles. The second-order valence-corrected chi connectivity index (χ2v) is 6.19. The van der Waals surface area contributed by atoms with Gasteiger partial charge in [0.15, 0.2) is 0 Å². The fourth-order valence-electron chi connectivity index (χ4n) is 3.55. The van der Waals surface area contributed by atoms with Gasteiger partial charge in [0, 0.05) is 12.1 Å². The topological polar surface area (TPSA) is 15.3 Å². The van der Waals surface area contributed by atoms with Crippen molar-refractivity contribution in [1.82, 2.24) is 10.2 Å². The number of likely N-dealkylation sites (tertiary alicyclic amines) is 1. The van der Waals surface area contributed by atoms with Crippen LogP contribution in [0.1, 0.15) is 58.8 Å². The van der Waals surface area contributed by atoms with Gasteiger partial charge in [0.2, 0.25) is 0 Å². The molecule has 1 N–H and O–H groups in total. The second kappa shape index (κ2) is 6.75. The third-order valence-corrected chi connectivity index (χ3v) is 4.64. The highest BCUT2D eigenvalue weighted by molar-refractivity contribution is 4.84. The van der Waals surface area contributed by atoms with Gasteiger partial charge in [-0.25, -0.2) is 0 Å². The molecule has 1 aliphatic carbocycles. The van der Waals surface area contributed by atoms with Crippen LogP contribution in [0.25, 0.3) is 0 Å². The van der Waals surface area contributed by atoms with E-state index in [-0.39, 0.29) is 0 Å². The molecule has 2 heteroatoms. The summed E-state index contributed by atoms with van der Waals surface area (Å²) in [6.07, 6.45) is 9.82. The molecular formula is C15H30N2. The molecule has 1 saturated heterocycles. The van der Waals surface area contributed by atoms with E-state index in [2.05, 4.69) is 24.1 Å². The van der Waals surface area contributed by atoms with Gasteiger partial charge >= 0.3 is 0 Å². The maximum atomic E-state index is 3.68. The number of rotatable bonds is 4. The van der Waals surface area contributed by atoms with Gasteiger partial charge in [0.1, 0.15) is 0 Å². The number of hydrogen-bond acceptors (Lipinski definition) is 2. The highest BCUT2D eigenvalue weighted by Gasteiger charge is 2.27. The van der Waals surface area contributed by atoms with Crippen molar-refractivity contribution in [3.63, 3.8) is 0 Å². The summed E-state index contributed by atoms with van der Waals surface area (Å²) in [5.41, 5.74) is 0. The van der Waals surface area contributed by atoms with Gasteiger partial charge in [0.05, 0.1) is 0 Å². The normalized spacial score (nSPS) is 32.8. The number of nitrogens with one attached hydrogen (secondary N) is 1. The summed E-state index contributed by atoms with van der Waals surface area (Å²) in [6, 6.07) is 1.71. The lowest BCUT2D eigenvalue weighted by Gasteiger charge is -2.41. The minimum atomic E-state index is 0.798. The molecule has 100 valence electrons. The Morgan fingerprint density at radius 1 is 1.12 bits per heavy atom. The van der Waals surface area contributed by atoms with Crippen LogP contribution in [0.3, 0.4) is 0 Å². The Hall–Kier alpha value is -0.0800. The van der Waals surface area contributed by atoms with E-state index in [1.165, 1.54) is 64.6 Å². The van der Waals surface area contributed by atoms with E-state index in [0.29, 0.717) is 0 Å². The fraction of sp³-hybridized carbons (Fsp3) is 1.00. The molecule has 0 aromatic rings. The lowest BCUT2D eigenvalue weighted by Crippen LogP contribution is -2.47. The molecule has 2 nitrogen and oxygen atoms in total. The minimum absolute atomic E-state index is 0.798. The van der Waals surface area contributed by atoms with Gasteiger partial charge in [-0.15, -0.1) is 0 Å². The zero-order chi connectivity index (χ0) is 12.1. The van der Waals surface area contributed by atoms with Gasteiger partial charge in [-0.1, -0.05) is 26.7 Å². The van der Waals surface area contributed by atoms with Crippen molar-refractivity contribution in [3.8, 4) is 0 Å². The summed E-state index contributed by atoms with van der Waals surface area (Å²) in [5.74, 6) is 0.963. The molecule has 0 spiro atoms. The fourth-order valence-corrected chi connectivity index (χ4v) is 3.55. The third-order valence-electron chi connectivity index (χ3n) is 4.64. The molecule has 17 heavy (non-hydrogen) atoms. The van der Waals surface area contributed by atoms with E-state index in [9.17, 15) is 0 Å². The van der Waals surface area contributed by atoms with Crippen LogP contribution in [0.5, 0.6) is 0 Å². The quantitative estimate of drug-likeness (QED) is 0.810. The molecule has 0 radical (unpaired) electrons. The number of nitrogens with zero attached hydrogens (tertiary/aromatic N) is 1. The maximum Gasteiger partial charge on any atom is 0.00978 e. The monoisotopic (exact) mass is 238 g/mol. The Labute approximate surface area is 107 Å². The van der Waals surface area contributed by atoms with Crippen molar-refractivity contribution in [3.05, 3.63) is 0 Å². The molecule has 2 rings (SSSR count). The molecule has 1 saturated carbocycles. The van der Waals surface area contributed by atoms with Gasteiger partial charge in [-0.2, -0.15) is 0 Å². The molecular weight excluding hydrogens is 208 g/mol. The molecule has 2 fully saturated rings. The molecule has 1 heterocycles. The Morgan fingerprint density at radius 2 is 1.88 bits per heavy atom. The Balaban J connectivity index is 1.71. The summed E-state index contributed by atoms with van der Waals surface area (Å²) < 4.78 is 0. The van der Waals surface area contributed by atoms with Crippen LogP contribution in [-0.2, 0) is 0 Å². The van der Waals surface area contributed by atoms with Crippen LogP contribution in [0.4, 0.5) is 0 Å². The van der Waals surface area contributed by atoms with Crippen LogP contribution < -0.4 is 5.32 Å². The van der Waals surface area contributed by atoms with E-state index in [0.717, 1.165) is 18.0 Å². The zero-order valence-corrected chi connectivity index (χ0v) is 11.8. The summed E-state index contributed by atoms with van der Waals surface area (Å²) in [6.45, 7) is 8.55. The van der Waals surface area contributed by atoms with E-state index in [1.54, 1.807) is 0 Å². The lowest BCUT2D eigenvalue weighted by atomic mass is 9.85. The first kappa shape index (κ1) is 13.4. The Bertz CT molecular complexity index is 209. The standard InChI is InChI=1S/C15H30N2/c1-3-9-16-14-7-10-17(11-8-14)15-6-4-5-13(2)12-15/h13-16H,3-12H2,1-2H3. The van der Waals surface area contributed by atoms with Crippen molar-refractivity contribution in [2.75, 3.05) is 19.6 Å². The van der Waals surface area contributed by atoms with Crippen LogP contribution >= 0.6 is 0 Å². The molecule has 0 bridgehead atoms. The summed E-state index contributed by atoms with van der Waals surface area (Å²) >= 11 is 0. The Kier molecular flexibility index (Phi) is 5.30. The van der Waals surface area contributed by atoms with E-state index >= 15 is 0 Å². The van der Waals surface area contributed by atoms with Crippen molar-refractivity contribution in [2.45, 2.75) is 70.9 Å². The molecule has 0 aromatic carbocycles. The highest BCUT2D eigenvalue weighted by Crippen LogP contribution is 2.29. The van der Waals surface area contributed by atoms with Crippen molar-refractivity contribution in [1.29, 1.82) is 0 Å². The first-order valence-corrected chi connectivity index (χ1v) is 7.77.